The Morgan fingerprint density at radius 3 is 2.92 bits per heavy atom. The zero-order valence-corrected chi connectivity index (χ0v) is 14.0. The fourth-order valence-corrected chi connectivity index (χ4v) is 3.59. The van der Waals surface area contributed by atoms with E-state index in [0.717, 1.165) is 10.6 Å². The van der Waals surface area contributed by atoms with Crippen LogP contribution in [0.1, 0.15) is 34.4 Å². The van der Waals surface area contributed by atoms with Crippen molar-refractivity contribution in [3.63, 3.8) is 0 Å². The summed E-state index contributed by atoms with van der Waals surface area (Å²) >= 11 is 1.35. The standard InChI is InChI=1S/C17H17FN2O3S/c1-17(16(22)23)5-6-20(10-17)15(21)13-9-24-14(19-13)8-11-3-2-4-12(18)7-11/h2-4,7,9H,5-6,8,10H2,1H3,(H,22,23). The number of nitrogens with zero attached hydrogens (tertiary/aromatic N) is 2. The monoisotopic (exact) mass is 348 g/mol. The smallest absolute Gasteiger partial charge is 0.311 e. The number of aliphatic carboxylic acids is 1. The second-order valence-corrected chi connectivity index (χ2v) is 7.22. The van der Waals surface area contributed by atoms with Gasteiger partial charge in [0.05, 0.1) is 10.4 Å². The highest BCUT2D eigenvalue weighted by atomic mass is 32.1. The van der Waals surface area contributed by atoms with Crippen molar-refractivity contribution < 1.29 is 19.1 Å². The number of carboxylic acid groups (broad SMARTS) is 1. The third-order valence-electron chi connectivity index (χ3n) is 4.29. The Morgan fingerprint density at radius 2 is 2.25 bits per heavy atom. The Morgan fingerprint density at radius 1 is 1.46 bits per heavy atom. The molecule has 0 bridgehead atoms. The molecule has 0 aliphatic carbocycles. The van der Waals surface area contributed by atoms with Gasteiger partial charge in [-0.3, -0.25) is 9.59 Å². The number of rotatable bonds is 4. The van der Waals surface area contributed by atoms with Crippen LogP contribution in [0.25, 0.3) is 0 Å². The van der Waals surface area contributed by atoms with Crippen molar-refractivity contribution in [3.05, 3.63) is 51.7 Å². The summed E-state index contributed by atoms with van der Waals surface area (Å²) in [5.41, 5.74) is 0.222. The van der Waals surface area contributed by atoms with Gasteiger partial charge in [-0.25, -0.2) is 9.37 Å². The van der Waals surface area contributed by atoms with Crippen LogP contribution in [0.5, 0.6) is 0 Å². The van der Waals surface area contributed by atoms with E-state index in [0.29, 0.717) is 25.1 Å². The molecule has 126 valence electrons. The van der Waals surface area contributed by atoms with Gasteiger partial charge in [-0.1, -0.05) is 12.1 Å². The van der Waals surface area contributed by atoms with Crippen molar-refractivity contribution in [3.8, 4) is 0 Å². The number of benzene rings is 1. The molecule has 7 heteroatoms. The Labute approximate surface area is 142 Å². The molecule has 1 fully saturated rings. The molecule has 2 heterocycles. The summed E-state index contributed by atoms with van der Waals surface area (Å²) in [5.74, 6) is -1.44. The Kier molecular flexibility index (Phi) is 4.36. The molecule has 3 rings (SSSR count). The van der Waals surface area contributed by atoms with Gasteiger partial charge in [0.2, 0.25) is 0 Å². The van der Waals surface area contributed by atoms with Crippen LogP contribution >= 0.6 is 11.3 Å². The van der Waals surface area contributed by atoms with Crippen LogP contribution in [-0.4, -0.2) is 40.0 Å². The number of thiazole rings is 1. The van der Waals surface area contributed by atoms with Gasteiger partial charge in [0.25, 0.3) is 5.91 Å². The average Bonchev–Trinajstić information content (AvgIpc) is 3.14. The van der Waals surface area contributed by atoms with Crippen molar-refractivity contribution in [2.24, 2.45) is 5.41 Å². The highest BCUT2D eigenvalue weighted by Gasteiger charge is 2.42. The molecule has 0 saturated carbocycles. The Hall–Kier alpha value is -2.28. The lowest BCUT2D eigenvalue weighted by Crippen LogP contribution is -2.35. The molecule has 1 aliphatic heterocycles. The minimum atomic E-state index is -0.893. The molecule has 1 saturated heterocycles. The van der Waals surface area contributed by atoms with Crippen molar-refractivity contribution in [1.29, 1.82) is 0 Å². The number of hydrogen-bond acceptors (Lipinski definition) is 4. The van der Waals surface area contributed by atoms with Crippen molar-refractivity contribution >= 4 is 23.2 Å². The van der Waals surface area contributed by atoms with Crippen LogP contribution in [0.4, 0.5) is 4.39 Å². The van der Waals surface area contributed by atoms with Crippen LogP contribution in [0, 0.1) is 11.2 Å². The summed E-state index contributed by atoms with van der Waals surface area (Å²) < 4.78 is 13.2. The molecule has 24 heavy (non-hydrogen) atoms. The number of likely N-dealkylation sites (tertiary alicyclic amines) is 1. The van der Waals surface area contributed by atoms with E-state index in [1.165, 1.54) is 28.4 Å². The van der Waals surface area contributed by atoms with E-state index in [1.807, 2.05) is 6.07 Å². The molecule has 5 nitrogen and oxygen atoms in total. The minimum Gasteiger partial charge on any atom is -0.481 e. The van der Waals surface area contributed by atoms with E-state index in [2.05, 4.69) is 4.98 Å². The number of carboxylic acids is 1. The number of carbonyl (C=O) groups excluding carboxylic acids is 1. The van der Waals surface area contributed by atoms with Gasteiger partial charge in [-0.15, -0.1) is 11.3 Å². The molecular formula is C17H17FN2O3S. The first-order valence-corrected chi connectivity index (χ1v) is 8.47. The fraction of sp³-hybridized carbons (Fsp3) is 0.353. The highest BCUT2D eigenvalue weighted by Crippen LogP contribution is 2.31. The van der Waals surface area contributed by atoms with E-state index >= 15 is 0 Å². The van der Waals surface area contributed by atoms with Gasteiger partial charge in [0, 0.05) is 24.9 Å². The zero-order valence-electron chi connectivity index (χ0n) is 13.2. The van der Waals surface area contributed by atoms with E-state index in [1.54, 1.807) is 18.4 Å². The molecule has 1 amide bonds. The molecule has 1 N–H and O–H groups in total. The van der Waals surface area contributed by atoms with Gasteiger partial charge in [-0.05, 0) is 31.0 Å². The van der Waals surface area contributed by atoms with Crippen LogP contribution in [0.15, 0.2) is 29.6 Å². The summed E-state index contributed by atoms with van der Waals surface area (Å²) in [4.78, 5) is 29.6. The molecule has 0 spiro atoms. The Balaban J connectivity index is 1.69. The lowest BCUT2D eigenvalue weighted by Gasteiger charge is -2.19. The number of carbonyl (C=O) groups is 2. The summed E-state index contributed by atoms with van der Waals surface area (Å²) in [5, 5.41) is 11.7. The van der Waals surface area contributed by atoms with E-state index in [4.69, 9.17) is 0 Å². The fourth-order valence-electron chi connectivity index (χ4n) is 2.78. The molecule has 2 aromatic rings. The van der Waals surface area contributed by atoms with Gasteiger partial charge in [0.1, 0.15) is 11.5 Å². The quantitative estimate of drug-likeness (QED) is 0.922. The highest BCUT2D eigenvalue weighted by molar-refractivity contribution is 7.09. The summed E-state index contributed by atoms with van der Waals surface area (Å²) in [6.07, 6.45) is 0.900. The molecule has 1 atom stereocenters. The Bertz CT molecular complexity index is 792. The van der Waals surface area contributed by atoms with Crippen molar-refractivity contribution in [2.45, 2.75) is 19.8 Å². The topological polar surface area (TPSA) is 70.5 Å². The SMILES string of the molecule is CC1(C(=O)O)CCN(C(=O)c2csc(Cc3cccc(F)c3)n2)C1. The minimum absolute atomic E-state index is 0.192. The summed E-state index contributed by atoms with van der Waals surface area (Å²) in [6.45, 7) is 2.26. The summed E-state index contributed by atoms with van der Waals surface area (Å²) in [6, 6.07) is 6.28. The first-order valence-electron chi connectivity index (χ1n) is 7.59. The van der Waals surface area contributed by atoms with E-state index < -0.39 is 11.4 Å². The van der Waals surface area contributed by atoms with Crippen LogP contribution in [0.2, 0.25) is 0 Å². The largest absolute Gasteiger partial charge is 0.481 e. The normalized spacial score (nSPS) is 20.3. The molecule has 0 radical (unpaired) electrons. The maximum atomic E-state index is 13.2. The predicted molar refractivity (Wildman–Crippen MR) is 87.6 cm³/mol. The second kappa shape index (κ2) is 6.32. The summed E-state index contributed by atoms with van der Waals surface area (Å²) in [7, 11) is 0. The molecule has 1 aliphatic rings. The first-order chi connectivity index (χ1) is 11.4. The lowest BCUT2D eigenvalue weighted by atomic mass is 9.90. The molecule has 1 aromatic heterocycles. The average molecular weight is 348 g/mol. The predicted octanol–water partition coefficient (Wildman–Crippen LogP) is 2.81. The third kappa shape index (κ3) is 3.31. The second-order valence-electron chi connectivity index (χ2n) is 6.28. The van der Waals surface area contributed by atoms with E-state index in [-0.39, 0.29) is 18.3 Å². The third-order valence-corrected chi connectivity index (χ3v) is 5.14. The first kappa shape index (κ1) is 16.6. The number of hydrogen-bond donors (Lipinski definition) is 1. The maximum absolute atomic E-state index is 13.2. The lowest BCUT2D eigenvalue weighted by molar-refractivity contribution is -0.147. The van der Waals surface area contributed by atoms with Crippen LogP contribution in [0.3, 0.4) is 0 Å². The number of aromatic nitrogens is 1. The zero-order chi connectivity index (χ0) is 17.3. The van der Waals surface area contributed by atoms with Gasteiger partial charge >= 0.3 is 5.97 Å². The van der Waals surface area contributed by atoms with Crippen molar-refractivity contribution in [1.82, 2.24) is 9.88 Å². The number of amides is 1. The maximum Gasteiger partial charge on any atom is 0.311 e. The van der Waals surface area contributed by atoms with Gasteiger partial charge in [0.15, 0.2) is 0 Å². The van der Waals surface area contributed by atoms with Crippen LogP contribution in [-0.2, 0) is 11.2 Å². The number of halogens is 1. The van der Waals surface area contributed by atoms with Crippen LogP contribution < -0.4 is 0 Å². The van der Waals surface area contributed by atoms with Crippen molar-refractivity contribution in [2.75, 3.05) is 13.1 Å². The molecule has 1 aromatic carbocycles. The van der Waals surface area contributed by atoms with Gasteiger partial charge < -0.3 is 10.0 Å². The molecular weight excluding hydrogens is 331 g/mol. The van der Waals surface area contributed by atoms with E-state index in [9.17, 15) is 19.1 Å². The van der Waals surface area contributed by atoms with Gasteiger partial charge in [-0.2, -0.15) is 0 Å². The molecule has 1 unspecified atom stereocenters.